The van der Waals surface area contributed by atoms with E-state index < -0.39 is 7.29 Å². The quantitative estimate of drug-likeness (QED) is 0.564. The lowest BCUT2D eigenvalue weighted by molar-refractivity contribution is 0.370. The molecule has 2 aromatic rings. The van der Waals surface area contributed by atoms with E-state index in [-0.39, 0.29) is 0 Å². The predicted molar refractivity (Wildman–Crippen MR) is 99.4 cm³/mol. The van der Waals surface area contributed by atoms with Crippen LogP contribution in [0.15, 0.2) is 65.4 Å². The van der Waals surface area contributed by atoms with Gasteiger partial charge in [0.1, 0.15) is 0 Å². The highest BCUT2D eigenvalue weighted by atomic mass is 31.2. The molecule has 0 N–H and O–H groups in total. The van der Waals surface area contributed by atoms with Crippen LogP contribution in [0.25, 0.3) is 0 Å². The number of hydrogen-bond donors (Lipinski definition) is 0. The molecule has 1 aliphatic rings. The van der Waals surface area contributed by atoms with Gasteiger partial charge in [-0.1, -0.05) is 68.5 Å². The molecule has 120 valence electrons. The smallest absolute Gasteiger partial charge is 0.247 e. The Hall–Kier alpha value is -1.66. The average Bonchev–Trinajstić information content (AvgIpc) is 2.64. The van der Waals surface area contributed by atoms with Crippen LogP contribution in [0.2, 0.25) is 0 Å². The second-order valence-corrected chi connectivity index (χ2v) is 8.70. The monoisotopic (exact) mass is 325 g/mol. The van der Waals surface area contributed by atoms with Gasteiger partial charge in [0.25, 0.3) is 0 Å². The van der Waals surface area contributed by atoms with Crippen LogP contribution in [0.1, 0.15) is 38.5 Å². The summed E-state index contributed by atoms with van der Waals surface area (Å²) in [7, 11) is -2.92. The summed E-state index contributed by atoms with van der Waals surface area (Å²) in [4.78, 5) is 0. The lowest BCUT2D eigenvalue weighted by atomic mass is 9.87. The third-order valence-corrected chi connectivity index (χ3v) is 7.10. The second-order valence-electron chi connectivity index (χ2n) is 6.28. The number of hydrogen-bond acceptors (Lipinski definition) is 1. The van der Waals surface area contributed by atoms with Gasteiger partial charge in [-0.15, -0.1) is 0 Å². The summed E-state index contributed by atoms with van der Waals surface area (Å²) in [5.41, 5.74) is 0. The fourth-order valence-corrected chi connectivity index (χ4v) is 5.32. The Morgan fingerprint density at radius 3 is 1.91 bits per heavy atom. The average molecular weight is 325 g/mol. The molecule has 2 nitrogen and oxygen atoms in total. The molecule has 0 heterocycles. The van der Waals surface area contributed by atoms with E-state index in [0.29, 0.717) is 5.92 Å². The maximum atomic E-state index is 13.7. The zero-order chi connectivity index (χ0) is 16.0. The van der Waals surface area contributed by atoms with Gasteiger partial charge in [-0.3, -0.25) is 4.57 Å². The highest BCUT2D eigenvalue weighted by molar-refractivity contribution is 7.77. The molecule has 0 atom stereocenters. The predicted octanol–water partition coefficient (Wildman–Crippen LogP) is 4.96. The molecule has 0 aliphatic heterocycles. The Kier molecular flexibility index (Phi) is 5.46. The molecule has 0 aromatic heterocycles. The minimum atomic E-state index is -2.92. The molecule has 3 heteroatoms. The van der Waals surface area contributed by atoms with Gasteiger partial charge in [-0.2, -0.15) is 0 Å². The van der Waals surface area contributed by atoms with Crippen molar-refractivity contribution in [3.8, 4) is 0 Å². The van der Waals surface area contributed by atoms with Crippen molar-refractivity contribution in [1.82, 2.24) is 0 Å². The van der Waals surface area contributed by atoms with Crippen LogP contribution in [-0.4, -0.2) is 6.21 Å². The normalized spacial score (nSPS) is 16.7. The van der Waals surface area contributed by atoms with Gasteiger partial charge in [0.15, 0.2) is 0 Å². The van der Waals surface area contributed by atoms with Gasteiger partial charge >= 0.3 is 0 Å². The summed E-state index contributed by atoms with van der Waals surface area (Å²) in [5.74, 6) is 0.715. The van der Waals surface area contributed by atoms with Crippen LogP contribution in [0.3, 0.4) is 0 Å². The van der Waals surface area contributed by atoms with Crippen molar-refractivity contribution in [3.05, 3.63) is 60.7 Å². The zero-order valence-electron chi connectivity index (χ0n) is 13.5. The highest BCUT2D eigenvalue weighted by Gasteiger charge is 2.25. The minimum absolute atomic E-state index is 0.715. The van der Waals surface area contributed by atoms with Crippen molar-refractivity contribution in [2.24, 2.45) is 10.7 Å². The first-order valence-corrected chi connectivity index (χ1v) is 10.2. The van der Waals surface area contributed by atoms with Crippen molar-refractivity contribution in [3.63, 3.8) is 0 Å². The Balaban J connectivity index is 1.85. The van der Waals surface area contributed by atoms with Crippen LogP contribution >= 0.6 is 7.29 Å². The Labute approximate surface area is 139 Å². The van der Waals surface area contributed by atoms with Crippen LogP contribution in [-0.2, 0) is 4.57 Å². The van der Waals surface area contributed by atoms with E-state index in [4.69, 9.17) is 0 Å². The molecule has 1 aliphatic carbocycles. The molecule has 1 fully saturated rings. The Morgan fingerprint density at radius 2 is 1.39 bits per heavy atom. The van der Waals surface area contributed by atoms with E-state index in [2.05, 4.69) is 4.76 Å². The van der Waals surface area contributed by atoms with E-state index >= 15 is 0 Å². The molecular weight excluding hydrogens is 301 g/mol. The number of rotatable bonds is 5. The number of nitrogens with zero attached hydrogens (tertiary/aromatic N) is 1. The molecule has 0 amide bonds. The number of benzene rings is 2. The van der Waals surface area contributed by atoms with E-state index in [1.807, 2.05) is 66.9 Å². The third kappa shape index (κ3) is 4.00. The van der Waals surface area contributed by atoms with E-state index in [1.165, 1.54) is 32.1 Å². The van der Waals surface area contributed by atoms with Gasteiger partial charge < -0.3 is 0 Å². The van der Waals surface area contributed by atoms with Gasteiger partial charge in [-0.25, -0.2) is 4.76 Å². The SMILES string of the molecule is O=P(/N=C/CC1CCCCC1)(c1ccccc1)c1ccccc1. The Bertz CT molecular complexity index is 632. The summed E-state index contributed by atoms with van der Waals surface area (Å²) in [5, 5.41) is 1.62. The summed E-state index contributed by atoms with van der Waals surface area (Å²) >= 11 is 0. The molecule has 0 radical (unpaired) electrons. The largest absolute Gasteiger partial charge is 0.288 e. The van der Waals surface area contributed by atoms with Gasteiger partial charge in [0.05, 0.1) is 0 Å². The fraction of sp³-hybridized carbons (Fsp3) is 0.350. The molecule has 0 bridgehead atoms. The molecule has 0 unspecified atom stereocenters. The summed E-state index contributed by atoms with van der Waals surface area (Å²) in [6.45, 7) is 0. The minimum Gasteiger partial charge on any atom is -0.288 e. The third-order valence-electron chi connectivity index (χ3n) is 4.62. The zero-order valence-corrected chi connectivity index (χ0v) is 14.4. The van der Waals surface area contributed by atoms with Crippen molar-refractivity contribution in [1.29, 1.82) is 0 Å². The maximum Gasteiger partial charge on any atom is 0.247 e. The molecule has 0 saturated heterocycles. The maximum absolute atomic E-state index is 13.7. The van der Waals surface area contributed by atoms with Crippen molar-refractivity contribution in [2.75, 3.05) is 0 Å². The van der Waals surface area contributed by atoms with Crippen LogP contribution < -0.4 is 10.6 Å². The first-order valence-electron chi connectivity index (χ1n) is 8.54. The first-order chi connectivity index (χ1) is 11.3. The molecular formula is C20H24NOP. The second kappa shape index (κ2) is 7.75. The Morgan fingerprint density at radius 1 is 0.870 bits per heavy atom. The van der Waals surface area contributed by atoms with Crippen LogP contribution in [0.4, 0.5) is 0 Å². The summed E-state index contributed by atoms with van der Waals surface area (Å²) in [6.07, 6.45) is 9.46. The van der Waals surface area contributed by atoms with Gasteiger partial charge in [0.2, 0.25) is 7.29 Å². The van der Waals surface area contributed by atoms with E-state index in [0.717, 1.165) is 17.0 Å². The van der Waals surface area contributed by atoms with Gasteiger partial charge in [0, 0.05) is 16.8 Å². The fourth-order valence-electron chi connectivity index (χ4n) is 3.28. The van der Waals surface area contributed by atoms with Crippen LogP contribution in [0, 0.1) is 5.92 Å². The van der Waals surface area contributed by atoms with Gasteiger partial charge in [-0.05, 0) is 36.6 Å². The lowest BCUT2D eigenvalue weighted by Crippen LogP contribution is -2.14. The lowest BCUT2D eigenvalue weighted by Gasteiger charge is -2.20. The molecule has 2 aromatic carbocycles. The molecule has 1 saturated carbocycles. The van der Waals surface area contributed by atoms with E-state index in [1.54, 1.807) is 0 Å². The first kappa shape index (κ1) is 16.2. The topological polar surface area (TPSA) is 29.4 Å². The molecule has 0 spiro atoms. The van der Waals surface area contributed by atoms with Crippen molar-refractivity contribution < 1.29 is 4.57 Å². The summed E-state index contributed by atoms with van der Waals surface area (Å²) < 4.78 is 18.3. The standard InChI is InChI=1S/C20H24NOP/c22-23(19-12-6-2-7-13-19,20-14-8-3-9-15-20)21-17-16-18-10-4-1-5-11-18/h2-3,6-9,12-15,17-18H,1,4-5,10-11,16H2/b21-17+. The highest BCUT2D eigenvalue weighted by Crippen LogP contribution is 2.44. The summed E-state index contributed by atoms with van der Waals surface area (Å²) in [6, 6.07) is 19.3. The van der Waals surface area contributed by atoms with Crippen LogP contribution in [0.5, 0.6) is 0 Å². The molecule has 23 heavy (non-hydrogen) atoms. The van der Waals surface area contributed by atoms with E-state index in [9.17, 15) is 4.57 Å². The van der Waals surface area contributed by atoms with Crippen molar-refractivity contribution >= 4 is 24.1 Å². The van der Waals surface area contributed by atoms with Crippen molar-refractivity contribution in [2.45, 2.75) is 38.5 Å². The molecule has 3 rings (SSSR count).